The van der Waals surface area contributed by atoms with Crippen LogP contribution in [0.15, 0.2) is 54.0 Å². The SMILES string of the molecule is [N-]=[N+]=NCc1c[n+](CC(=O)c2ccccc2)ccn1. The maximum absolute atomic E-state index is 12.0. The molecule has 0 saturated carbocycles. The minimum atomic E-state index is 0.0199. The van der Waals surface area contributed by atoms with E-state index in [0.29, 0.717) is 11.3 Å². The number of hydrogen-bond acceptors (Lipinski definition) is 3. The van der Waals surface area contributed by atoms with Crippen LogP contribution in [0.5, 0.6) is 0 Å². The van der Waals surface area contributed by atoms with Gasteiger partial charge in [0.05, 0.1) is 12.7 Å². The first kappa shape index (κ1) is 12.7. The molecule has 0 bridgehead atoms. The predicted molar refractivity (Wildman–Crippen MR) is 68.1 cm³/mol. The van der Waals surface area contributed by atoms with Gasteiger partial charge < -0.3 is 0 Å². The van der Waals surface area contributed by atoms with Gasteiger partial charge in [-0.1, -0.05) is 35.4 Å². The lowest BCUT2D eigenvalue weighted by Crippen LogP contribution is -2.38. The zero-order valence-electron chi connectivity index (χ0n) is 10.2. The maximum Gasteiger partial charge on any atom is 0.227 e. The number of aromatic nitrogens is 2. The van der Waals surface area contributed by atoms with E-state index in [9.17, 15) is 4.79 Å². The van der Waals surface area contributed by atoms with Crippen LogP contribution in [-0.4, -0.2) is 10.8 Å². The summed E-state index contributed by atoms with van der Waals surface area (Å²) in [5, 5.41) is 3.44. The highest BCUT2D eigenvalue weighted by atomic mass is 16.1. The fourth-order valence-electron chi connectivity index (χ4n) is 1.65. The highest BCUT2D eigenvalue weighted by molar-refractivity contribution is 5.94. The molecule has 0 aliphatic carbocycles. The quantitative estimate of drug-likeness (QED) is 0.269. The summed E-state index contributed by atoms with van der Waals surface area (Å²) < 4.78 is 1.73. The van der Waals surface area contributed by atoms with Crippen LogP contribution in [0.2, 0.25) is 0 Å². The molecule has 0 aliphatic rings. The van der Waals surface area contributed by atoms with Crippen LogP contribution in [0.1, 0.15) is 16.1 Å². The van der Waals surface area contributed by atoms with Crippen molar-refractivity contribution in [2.75, 3.05) is 0 Å². The summed E-state index contributed by atoms with van der Waals surface area (Å²) in [6.07, 6.45) is 5.00. The molecule has 0 N–H and O–H groups in total. The van der Waals surface area contributed by atoms with Gasteiger partial charge in [0, 0.05) is 10.5 Å². The Labute approximate surface area is 110 Å². The van der Waals surface area contributed by atoms with Gasteiger partial charge in [-0.15, -0.1) is 0 Å². The zero-order valence-corrected chi connectivity index (χ0v) is 10.2. The largest absolute Gasteiger partial charge is 0.287 e. The molecule has 0 atom stereocenters. The Kier molecular flexibility index (Phi) is 4.21. The van der Waals surface area contributed by atoms with Crippen LogP contribution in [0.3, 0.4) is 0 Å². The third kappa shape index (κ3) is 3.62. The van der Waals surface area contributed by atoms with Crippen molar-refractivity contribution in [1.29, 1.82) is 0 Å². The number of hydrogen-bond donors (Lipinski definition) is 0. The lowest BCUT2D eigenvalue weighted by molar-refractivity contribution is -0.684. The second-order valence-electron chi connectivity index (χ2n) is 3.90. The molecule has 0 radical (unpaired) electrons. The van der Waals surface area contributed by atoms with Gasteiger partial charge in [0.1, 0.15) is 5.69 Å². The molecule has 19 heavy (non-hydrogen) atoms. The number of carbonyl (C=O) groups excluding carboxylic acids is 1. The molecule has 0 amide bonds. The molecule has 2 aromatic rings. The number of Topliss-reactive ketones (excluding diaryl/α,β-unsaturated/α-hetero) is 1. The molecule has 2 rings (SSSR count). The molecule has 6 heteroatoms. The first-order valence-corrected chi connectivity index (χ1v) is 5.72. The summed E-state index contributed by atoms with van der Waals surface area (Å²) in [4.78, 5) is 18.8. The van der Waals surface area contributed by atoms with E-state index >= 15 is 0 Å². The summed E-state index contributed by atoms with van der Waals surface area (Å²) >= 11 is 0. The molecular weight excluding hydrogens is 242 g/mol. The van der Waals surface area contributed by atoms with E-state index in [1.54, 1.807) is 35.3 Å². The molecule has 0 spiro atoms. The van der Waals surface area contributed by atoms with E-state index in [4.69, 9.17) is 5.53 Å². The summed E-state index contributed by atoms with van der Waals surface area (Å²) in [7, 11) is 0. The highest BCUT2D eigenvalue weighted by Crippen LogP contribution is 2.00. The average molecular weight is 254 g/mol. The maximum atomic E-state index is 12.0. The third-order valence-electron chi connectivity index (χ3n) is 2.53. The van der Waals surface area contributed by atoms with Crippen molar-refractivity contribution >= 4 is 5.78 Å². The minimum absolute atomic E-state index is 0.0199. The molecule has 0 saturated heterocycles. The van der Waals surface area contributed by atoms with Crippen LogP contribution in [0, 0.1) is 0 Å². The van der Waals surface area contributed by atoms with Crippen LogP contribution in [-0.2, 0) is 13.1 Å². The monoisotopic (exact) mass is 254 g/mol. The van der Waals surface area contributed by atoms with E-state index in [1.165, 1.54) is 0 Å². The lowest BCUT2D eigenvalue weighted by Gasteiger charge is -1.98. The molecule has 6 nitrogen and oxygen atoms in total. The topological polar surface area (TPSA) is 82.6 Å². The first-order chi connectivity index (χ1) is 9.29. The van der Waals surface area contributed by atoms with E-state index < -0.39 is 0 Å². The number of benzene rings is 1. The molecule has 1 heterocycles. The number of carbonyl (C=O) groups is 1. The second-order valence-corrected chi connectivity index (χ2v) is 3.90. The number of nitrogens with zero attached hydrogens (tertiary/aromatic N) is 5. The van der Waals surface area contributed by atoms with Crippen molar-refractivity contribution in [3.63, 3.8) is 0 Å². The Balaban J connectivity index is 2.11. The molecule has 1 aromatic heterocycles. The van der Waals surface area contributed by atoms with Gasteiger partial charge in [0.25, 0.3) is 0 Å². The van der Waals surface area contributed by atoms with Gasteiger partial charge in [-0.05, 0) is 5.53 Å². The average Bonchev–Trinajstić information content (AvgIpc) is 2.46. The Morgan fingerprint density at radius 3 is 2.89 bits per heavy atom. The van der Waals surface area contributed by atoms with Crippen LogP contribution < -0.4 is 4.57 Å². The normalized spacial score (nSPS) is 9.68. The fourth-order valence-corrected chi connectivity index (χ4v) is 1.65. The van der Waals surface area contributed by atoms with Crippen LogP contribution >= 0.6 is 0 Å². The minimum Gasteiger partial charge on any atom is -0.287 e. The molecule has 0 aliphatic heterocycles. The highest BCUT2D eigenvalue weighted by Gasteiger charge is 2.12. The van der Waals surface area contributed by atoms with E-state index in [0.717, 1.165) is 0 Å². The van der Waals surface area contributed by atoms with Crippen molar-refractivity contribution in [3.8, 4) is 0 Å². The van der Waals surface area contributed by atoms with Gasteiger partial charge in [-0.2, -0.15) is 4.57 Å². The van der Waals surface area contributed by atoms with Crippen molar-refractivity contribution in [2.24, 2.45) is 5.11 Å². The van der Waals surface area contributed by atoms with E-state index in [-0.39, 0.29) is 18.9 Å². The Morgan fingerprint density at radius 1 is 1.37 bits per heavy atom. The van der Waals surface area contributed by atoms with E-state index in [1.807, 2.05) is 18.2 Å². The molecule has 94 valence electrons. The second kappa shape index (κ2) is 6.28. The molecule has 0 unspecified atom stereocenters. The predicted octanol–water partition coefficient (Wildman–Crippen LogP) is 2.06. The Morgan fingerprint density at radius 2 is 2.16 bits per heavy atom. The Hall–Kier alpha value is -2.72. The van der Waals surface area contributed by atoms with Crippen LogP contribution in [0.4, 0.5) is 0 Å². The lowest BCUT2D eigenvalue weighted by atomic mass is 10.1. The summed E-state index contributed by atoms with van der Waals surface area (Å²) in [6.45, 7) is 0.409. The standard InChI is InChI=1S/C13H12N5O/c14-17-16-8-12-9-18(7-6-15-12)10-13(19)11-4-2-1-3-5-11/h1-7,9H,8,10H2/q+1. The van der Waals surface area contributed by atoms with Gasteiger partial charge in [-0.25, -0.2) is 4.98 Å². The van der Waals surface area contributed by atoms with Gasteiger partial charge >= 0.3 is 0 Å². The fraction of sp³-hybridized carbons (Fsp3) is 0.154. The van der Waals surface area contributed by atoms with Gasteiger partial charge in [0.2, 0.25) is 12.3 Å². The van der Waals surface area contributed by atoms with Crippen molar-refractivity contribution in [1.82, 2.24) is 4.98 Å². The summed E-state index contributed by atoms with van der Waals surface area (Å²) in [5.74, 6) is 0.0199. The smallest absolute Gasteiger partial charge is 0.227 e. The molecule has 1 aromatic carbocycles. The molecular formula is C13H12N5O+. The van der Waals surface area contributed by atoms with Gasteiger partial charge in [-0.3, -0.25) is 4.79 Å². The first-order valence-electron chi connectivity index (χ1n) is 5.72. The number of ketones is 1. The van der Waals surface area contributed by atoms with Crippen molar-refractivity contribution in [2.45, 2.75) is 13.1 Å². The van der Waals surface area contributed by atoms with E-state index in [2.05, 4.69) is 15.0 Å². The summed E-state index contributed by atoms with van der Waals surface area (Å²) in [6, 6.07) is 9.10. The Bertz CT molecular complexity index is 620. The number of rotatable bonds is 5. The third-order valence-corrected chi connectivity index (χ3v) is 2.53. The van der Waals surface area contributed by atoms with Crippen LogP contribution in [0.25, 0.3) is 10.4 Å². The molecule has 0 fully saturated rings. The summed E-state index contributed by atoms with van der Waals surface area (Å²) in [5.41, 5.74) is 9.56. The van der Waals surface area contributed by atoms with Crippen molar-refractivity contribution < 1.29 is 9.36 Å². The number of azide groups is 1. The zero-order chi connectivity index (χ0) is 13.5. The van der Waals surface area contributed by atoms with Gasteiger partial charge in [0.15, 0.2) is 12.4 Å². The van der Waals surface area contributed by atoms with Crippen molar-refractivity contribution in [3.05, 3.63) is 70.6 Å².